The maximum atomic E-state index is 8.78. The fourth-order valence-corrected chi connectivity index (χ4v) is 1.91. The fourth-order valence-electron chi connectivity index (χ4n) is 1.91. The van der Waals surface area contributed by atoms with Gasteiger partial charge in [-0.1, -0.05) is 33.1 Å². The van der Waals surface area contributed by atoms with Crippen LogP contribution in [-0.2, 0) is 9.47 Å². The number of rotatable bonds is 7. The van der Waals surface area contributed by atoms with E-state index in [0.29, 0.717) is 24.7 Å². The smallest absolute Gasteiger partial charge is 0.133 e. The SMILES string of the molecule is CCCCC(CC)COC1CO/C(=C/O)C1. The molecule has 94 valence electrons. The molecule has 3 nitrogen and oxygen atoms in total. The molecule has 16 heavy (non-hydrogen) atoms. The molecule has 0 bridgehead atoms. The van der Waals surface area contributed by atoms with Crippen molar-refractivity contribution in [3.05, 3.63) is 12.0 Å². The summed E-state index contributed by atoms with van der Waals surface area (Å²) in [5, 5.41) is 8.78. The second-order valence-electron chi connectivity index (χ2n) is 4.48. The van der Waals surface area contributed by atoms with E-state index in [-0.39, 0.29) is 6.10 Å². The summed E-state index contributed by atoms with van der Waals surface area (Å²) in [4.78, 5) is 0. The summed E-state index contributed by atoms with van der Waals surface area (Å²) in [6, 6.07) is 0. The number of unbranched alkanes of at least 4 members (excludes halogenated alkanes) is 1. The Morgan fingerprint density at radius 1 is 1.56 bits per heavy atom. The van der Waals surface area contributed by atoms with E-state index in [9.17, 15) is 0 Å². The Bertz CT molecular complexity index is 213. The molecule has 0 aromatic carbocycles. The van der Waals surface area contributed by atoms with Crippen molar-refractivity contribution in [2.45, 2.75) is 52.1 Å². The third-order valence-corrected chi connectivity index (χ3v) is 3.14. The van der Waals surface area contributed by atoms with E-state index in [1.807, 2.05) is 0 Å². The van der Waals surface area contributed by atoms with E-state index in [0.717, 1.165) is 12.9 Å². The summed E-state index contributed by atoms with van der Waals surface area (Å²) < 4.78 is 11.1. The van der Waals surface area contributed by atoms with Crippen LogP contribution in [0.2, 0.25) is 0 Å². The lowest BCUT2D eigenvalue weighted by Gasteiger charge is -2.17. The predicted octanol–water partition coefficient (Wildman–Crippen LogP) is 3.41. The first-order valence-electron chi connectivity index (χ1n) is 6.37. The lowest BCUT2D eigenvalue weighted by molar-refractivity contribution is 0.0201. The van der Waals surface area contributed by atoms with Crippen molar-refractivity contribution < 1.29 is 14.6 Å². The highest BCUT2D eigenvalue weighted by atomic mass is 16.5. The van der Waals surface area contributed by atoms with Crippen molar-refractivity contribution in [2.75, 3.05) is 13.2 Å². The first kappa shape index (κ1) is 13.4. The Balaban J connectivity index is 2.17. The van der Waals surface area contributed by atoms with Gasteiger partial charge in [0.2, 0.25) is 0 Å². The Kier molecular flexibility index (Phi) is 6.31. The number of aliphatic hydroxyl groups is 1. The van der Waals surface area contributed by atoms with Crippen LogP contribution in [0.5, 0.6) is 0 Å². The normalized spacial score (nSPS) is 24.6. The monoisotopic (exact) mass is 228 g/mol. The molecule has 1 N–H and O–H groups in total. The van der Waals surface area contributed by atoms with Crippen LogP contribution in [0.15, 0.2) is 12.0 Å². The highest BCUT2D eigenvalue weighted by Crippen LogP contribution is 2.21. The quantitative estimate of drug-likeness (QED) is 0.679. The van der Waals surface area contributed by atoms with E-state index in [1.165, 1.54) is 25.7 Å². The lowest BCUT2D eigenvalue weighted by atomic mass is 10.0. The van der Waals surface area contributed by atoms with Crippen LogP contribution >= 0.6 is 0 Å². The van der Waals surface area contributed by atoms with Crippen LogP contribution in [0.1, 0.15) is 46.0 Å². The standard InChI is InChI=1S/C13H24O3/c1-3-5-6-11(4-2)9-15-13-7-12(8-14)16-10-13/h8,11,13-14H,3-7,9-10H2,1-2H3/b12-8+. The van der Waals surface area contributed by atoms with E-state index in [2.05, 4.69) is 13.8 Å². The van der Waals surface area contributed by atoms with E-state index in [1.54, 1.807) is 0 Å². The molecule has 1 fully saturated rings. The van der Waals surface area contributed by atoms with Crippen molar-refractivity contribution in [2.24, 2.45) is 5.92 Å². The molecule has 0 aromatic heterocycles. The van der Waals surface area contributed by atoms with Gasteiger partial charge in [0.15, 0.2) is 0 Å². The number of hydrogen-bond acceptors (Lipinski definition) is 3. The van der Waals surface area contributed by atoms with Crippen molar-refractivity contribution >= 4 is 0 Å². The Morgan fingerprint density at radius 2 is 2.38 bits per heavy atom. The number of ether oxygens (including phenoxy) is 2. The molecule has 1 saturated heterocycles. The summed E-state index contributed by atoms with van der Waals surface area (Å²) in [5.74, 6) is 1.31. The van der Waals surface area contributed by atoms with Crippen LogP contribution < -0.4 is 0 Å². The summed E-state index contributed by atoms with van der Waals surface area (Å²) in [7, 11) is 0. The molecule has 1 rings (SSSR count). The average molecular weight is 228 g/mol. The zero-order chi connectivity index (χ0) is 11.8. The molecule has 0 saturated carbocycles. The van der Waals surface area contributed by atoms with Crippen LogP contribution in [-0.4, -0.2) is 24.4 Å². The molecule has 0 radical (unpaired) electrons. The fraction of sp³-hybridized carbons (Fsp3) is 0.846. The second kappa shape index (κ2) is 7.55. The maximum absolute atomic E-state index is 8.78. The topological polar surface area (TPSA) is 38.7 Å². The van der Waals surface area contributed by atoms with Crippen LogP contribution in [0.4, 0.5) is 0 Å². The minimum absolute atomic E-state index is 0.133. The van der Waals surface area contributed by atoms with Crippen molar-refractivity contribution in [1.82, 2.24) is 0 Å². The van der Waals surface area contributed by atoms with Crippen LogP contribution in [0, 0.1) is 5.92 Å². The van der Waals surface area contributed by atoms with Crippen LogP contribution in [0.3, 0.4) is 0 Å². The van der Waals surface area contributed by atoms with E-state index in [4.69, 9.17) is 14.6 Å². The molecule has 0 amide bonds. The lowest BCUT2D eigenvalue weighted by Crippen LogP contribution is -2.18. The molecular weight excluding hydrogens is 204 g/mol. The average Bonchev–Trinajstić information content (AvgIpc) is 2.77. The first-order chi connectivity index (χ1) is 7.80. The van der Waals surface area contributed by atoms with Gasteiger partial charge in [0.05, 0.1) is 6.10 Å². The molecule has 1 aliphatic heterocycles. The van der Waals surface area contributed by atoms with Gasteiger partial charge in [-0.3, -0.25) is 0 Å². The molecule has 2 unspecified atom stereocenters. The van der Waals surface area contributed by atoms with Gasteiger partial charge in [0.1, 0.15) is 18.6 Å². The summed E-state index contributed by atoms with van der Waals surface area (Å²) in [5.41, 5.74) is 0. The highest BCUT2D eigenvalue weighted by Gasteiger charge is 2.22. The molecule has 1 heterocycles. The molecular formula is C13H24O3. The zero-order valence-corrected chi connectivity index (χ0v) is 10.4. The van der Waals surface area contributed by atoms with E-state index < -0.39 is 0 Å². The van der Waals surface area contributed by atoms with Gasteiger partial charge in [-0.2, -0.15) is 0 Å². The third kappa shape index (κ3) is 4.44. The third-order valence-electron chi connectivity index (χ3n) is 3.14. The van der Waals surface area contributed by atoms with Crippen molar-refractivity contribution in [3.63, 3.8) is 0 Å². The Hall–Kier alpha value is -0.700. The van der Waals surface area contributed by atoms with Gasteiger partial charge >= 0.3 is 0 Å². The highest BCUT2D eigenvalue weighted by molar-refractivity contribution is 4.95. The van der Waals surface area contributed by atoms with Crippen molar-refractivity contribution in [3.8, 4) is 0 Å². The van der Waals surface area contributed by atoms with Gasteiger partial charge in [0, 0.05) is 13.0 Å². The van der Waals surface area contributed by atoms with Crippen LogP contribution in [0.25, 0.3) is 0 Å². The maximum Gasteiger partial charge on any atom is 0.133 e. The van der Waals surface area contributed by atoms with Gasteiger partial charge in [0.25, 0.3) is 0 Å². The van der Waals surface area contributed by atoms with Crippen molar-refractivity contribution in [1.29, 1.82) is 0 Å². The second-order valence-corrected chi connectivity index (χ2v) is 4.48. The first-order valence-corrected chi connectivity index (χ1v) is 6.37. The Morgan fingerprint density at radius 3 is 2.94 bits per heavy atom. The molecule has 2 atom stereocenters. The minimum atomic E-state index is 0.133. The number of hydrogen-bond donors (Lipinski definition) is 1. The summed E-state index contributed by atoms with van der Waals surface area (Å²) >= 11 is 0. The van der Waals surface area contributed by atoms with Gasteiger partial charge < -0.3 is 14.6 Å². The van der Waals surface area contributed by atoms with Gasteiger partial charge in [-0.05, 0) is 12.3 Å². The Labute approximate surface area is 98.4 Å². The molecule has 0 aliphatic carbocycles. The molecule has 0 aromatic rings. The number of aliphatic hydroxyl groups excluding tert-OH is 1. The van der Waals surface area contributed by atoms with Gasteiger partial charge in [-0.15, -0.1) is 0 Å². The molecule has 0 spiro atoms. The predicted molar refractivity (Wildman–Crippen MR) is 64.3 cm³/mol. The molecule has 3 heteroatoms. The van der Waals surface area contributed by atoms with Gasteiger partial charge in [-0.25, -0.2) is 0 Å². The molecule has 1 aliphatic rings. The largest absolute Gasteiger partial charge is 0.512 e. The minimum Gasteiger partial charge on any atom is -0.512 e. The summed E-state index contributed by atoms with van der Waals surface area (Å²) in [6.07, 6.45) is 6.84. The summed E-state index contributed by atoms with van der Waals surface area (Å²) in [6.45, 7) is 5.84. The van der Waals surface area contributed by atoms with E-state index >= 15 is 0 Å². The zero-order valence-electron chi connectivity index (χ0n) is 10.4.